The first-order chi connectivity index (χ1) is 13.4. The van der Waals surface area contributed by atoms with Gasteiger partial charge in [0.2, 0.25) is 5.91 Å². The van der Waals surface area contributed by atoms with Crippen molar-refractivity contribution in [2.45, 2.75) is 12.3 Å². The predicted molar refractivity (Wildman–Crippen MR) is 105 cm³/mol. The second-order valence-electron chi connectivity index (χ2n) is 6.88. The Morgan fingerprint density at radius 3 is 2.82 bits per heavy atom. The summed E-state index contributed by atoms with van der Waals surface area (Å²) in [5, 5.41) is 4.04. The maximum absolute atomic E-state index is 14.3. The smallest absolute Gasteiger partial charge is 0.258 e. The monoisotopic (exact) mass is 400 g/mol. The number of halogens is 2. The van der Waals surface area contributed by atoms with Crippen LogP contribution in [0.5, 0.6) is 0 Å². The molecule has 8 heteroatoms. The van der Waals surface area contributed by atoms with Gasteiger partial charge >= 0.3 is 0 Å². The SMILES string of the molecule is CN(C)c1cccc(-c2nc(C3CC(=O)N(c4cccc(Cl)c4F)C3)no2)c1. The number of anilines is 2. The van der Waals surface area contributed by atoms with E-state index in [-0.39, 0.29) is 35.5 Å². The van der Waals surface area contributed by atoms with Gasteiger partial charge in [-0.15, -0.1) is 0 Å². The standard InChI is InChI=1S/C20H18ClFN4O2/c1-25(2)14-6-3-5-12(9-14)20-23-19(24-28-20)13-10-17(27)26(11-13)16-8-4-7-15(21)18(16)22/h3-9,13H,10-11H2,1-2H3. The molecule has 1 fully saturated rings. The van der Waals surface area contributed by atoms with Crippen molar-refractivity contribution in [3.63, 3.8) is 0 Å². The van der Waals surface area contributed by atoms with E-state index < -0.39 is 5.82 Å². The molecule has 0 spiro atoms. The predicted octanol–water partition coefficient (Wildman–Crippen LogP) is 4.12. The van der Waals surface area contributed by atoms with Crippen LogP contribution in [0.15, 0.2) is 47.0 Å². The van der Waals surface area contributed by atoms with Gasteiger partial charge in [-0.2, -0.15) is 4.98 Å². The van der Waals surface area contributed by atoms with Gasteiger partial charge in [0, 0.05) is 44.2 Å². The van der Waals surface area contributed by atoms with E-state index in [1.165, 1.54) is 17.0 Å². The van der Waals surface area contributed by atoms with Crippen LogP contribution in [0.3, 0.4) is 0 Å². The van der Waals surface area contributed by atoms with Gasteiger partial charge in [0.05, 0.1) is 10.7 Å². The third kappa shape index (κ3) is 3.33. The van der Waals surface area contributed by atoms with Gasteiger partial charge in [0.1, 0.15) is 0 Å². The van der Waals surface area contributed by atoms with E-state index >= 15 is 0 Å². The summed E-state index contributed by atoms with van der Waals surface area (Å²) in [5.74, 6) is -0.262. The molecule has 0 aliphatic carbocycles. The van der Waals surface area contributed by atoms with Crippen molar-refractivity contribution >= 4 is 28.9 Å². The van der Waals surface area contributed by atoms with Crippen LogP contribution in [0.25, 0.3) is 11.5 Å². The zero-order valence-electron chi connectivity index (χ0n) is 15.4. The van der Waals surface area contributed by atoms with Crippen molar-refractivity contribution in [3.8, 4) is 11.5 Å². The molecule has 4 rings (SSSR count). The Kier molecular flexibility index (Phi) is 4.77. The number of hydrogen-bond acceptors (Lipinski definition) is 5. The van der Waals surface area contributed by atoms with Gasteiger partial charge in [-0.1, -0.05) is 28.9 Å². The summed E-state index contributed by atoms with van der Waals surface area (Å²) in [4.78, 5) is 20.3. The highest BCUT2D eigenvalue weighted by Crippen LogP contribution is 2.34. The second kappa shape index (κ2) is 7.24. The molecule has 1 amide bonds. The first-order valence-electron chi connectivity index (χ1n) is 8.80. The topological polar surface area (TPSA) is 62.5 Å². The van der Waals surface area contributed by atoms with Gasteiger partial charge in [-0.3, -0.25) is 4.79 Å². The highest BCUT2D eigenvalue weighted by atomic mass is 35.5. The summed E-state index contributed by atoms with van der Waals surface area (Å²) in [6.45, 7) is 0.271. The lowest BCUT2D eigenvalue weighted by molar-refractivity contribution is -0.117. The van der Waals surface area contributed by atoms with E-state index in [0.29, 0.717) is 11.7 Å². The minimum Gasteiger partial charge on any atom is -0.378 e. The molecule has 1 atom stereocenters. The van der Waals surface area contributed by atoms with Crippen molar-refractivity contribution in [1.29, 1.82) is 0 Å². The lowest BCUT2D eigenvalue weighted by Gasteiger charge is -2.17. The Morgan fingerprint density at radius 2 is 2.04 bits per heavy atom. The normalized spacial score (nSPS) is 16.6. The summed E-state index contributed by atoms with van der Waals surface area (Å²) in [6.07, 6.45) is 0.183. The third-order valence-corrected chi connectivity index (χ3v) is 5.06. The van der Waals surface area contributed by atoms with E-state index in [0.717, 1.165) is 11.3 Å². The molecule has 6 nitrogen and oxygen atoms in total. The molecule has 28 heavy (non-hydrogen) atoms. The summed E-state index contributed by atoms with van der Waals surface area (Å²) in [6, 6.07) is 12.3. The minimum absolute atomic E-state index is 0.0172. The molecular weight excluding hydrogens is 383 g/mol. The largest absolute Gasteiger partial charge is 0.378 e. The Bertz CT molecular complexity index is 1040. The maximum atomic E-state index is 14.3. The van der Waals surface area contributed by atoms with E-state index in [4.69, 9.17) is 16.1 Å². The Balaban J connectivity index is 1.58. The van der Waals surface area contributed by atoms with Gasteiger partial charge in [-0.05, 0) is 30.3 Å². The molecule has 1 aliphatic rings. The lowest BCUT2D eigenvalue weighted by atomic mass is 10.1. The van der Waals surface area contributed by atoms with Crippen molar-refractivity contribution in [1.82, 2.24) is 10.1 Å². The molecule has 2 aromatic carbocycles. The van der Waals surface area contributed by atoms with Gasteiger partial charge < -0.3 is 14.3 Å². The number of benzene rings is 2. The zero-order valence-corrected chi connectivity index (χ0v) is 16.2. The molecule has 3 aromatic rings. The van der Waals surface area contributed by atoms with Crippen LogP contribution < -0.4 is 9.80 Å². The Labute approximate surface area is 166 Å². The van der Waals surface area contributed by atoms with Gasteiger partial charge in [-0.25, -0.2) is 4.39 Å². The van der Waals surface area contributed by atoms with Crippen molar-refractivity contribution in [2.75, 3.05) is 30.4 Å². The number of nitrogens with zero attached hydrogens (tertiary/aromatic N) is 4. The van der Waals surface area contributed by atoms with Crippen molar-refractivity contribution < 1.29 is 13.7 Å². The first kappa shape index (κ1) is 18.4. The molecular formula is C20H18ClFN4O2. The van der Waals surface area contributed by atoms with Crippen LogP contribution in [-0.4, -0.2) is 36.7 Å². The first-order valence-corrected chi connectivity index (χ1v) is 9.17. The molecule has 2 heterocycles. The van der Waals surface area contributed by atoms with Crippen LogP contribution in [0, 0.1) is 5.82 Å². The lowest BCUT2D eigenvalue weighted by Crippen LogP contribution is -2.25. The number of aromatic nitrogens is 2. The van der Waals surface area contributed by atoms with Crippen LogP contribution >= 0.6 is 11.6 Å². The fourth-order valence-electron chi connectivity index (χ4n) is 3.25. The average Bonchev–Trinajstić information content (AvgIpc) is 3.31. The fraction of sp³-hybridized carbons (Fsp3) is 0.250. The van der Waals surface area contributed by atoms with Gasteiger partial charge in [0.15, 0.2) is 11.6 Å². The number of hydrogen-bond donors (Lipinski definition) is 0. The number of carbonyl (C=O) groups is 1. The van der Waals surface area contributed by atoms with E-state index in [1.807, 2.05) is 43.3 Å². The number of carbonyl (C=O) groups excluding carboxylic acids is 1. The molecule has 0 saturated carbocycles. The summed E-state index contributed by atoms with van der Waals surface area (Å²) >= 11 is 5.84. The highest BCUT2D eigenvalue weighted by Gasteiger charge is 2.36. The van der Waals surface area contributed by atoms with Crippen molar-refractivity contribution in [3.05, 3.63) is 59.1 Å². The molecule has 1 saturated heterocycles. The molecule has 0 radical (unpaired) electrons. The second-order valence-corrected chi connectivity index (χ2v) is 7.29. The highest BCUT2D eigenvalue weighted by molar-refractivity contribution is 6.31. The fourth-order valence-corrected chi connectivity index (χ4v) is 3.42. The van der Waals surface area contributed by atoms with Crippen LogP contribution in [0.4, 0.5) is 15.8 Å². The van der Waals surface area contributed by atoms with Crippen LogP contribution in [-0.2, 0) is 4.79 Å². The number of amides is 1. The molecule has 0 N–H and O–H groups in total. The molecule has 144 valence electrons. The quantitative estimate of drug-likeness (QED) is 0.659. The third-order valence-electron chi connectivity index (χ3n) is 4.76. The van der Waals surface area contributed by atoms with Crippen LogP contribution in [0.1, 0.15) is 18.2 Å². The molecule has 1 unspecified atom stereocenters. The minimum atomic E-state index is -0.604. The van der Waals surface area contributed by atoms with E-state index in [2.05, 4.69) is 10.1 Å². The zero-order chi connectivity index (χ0) is 19.8. The summed E-state index contributed by atoms with van der Waals surface area (Å²) in [7, 11) is 3.90. The molecule has 0 bridgehead atoms. The Morgan fingerprint density at radius 1 is 1.25 bits per heavy atom. The Hall–Kier alpha value is -2.93. The van der Waals surface area contributed by atoms with Crippen molar-refractivity contribution in [2.24, 2.45) is 0 Å². The van der Waals surface area contributed by atoms with Gasteiger partial charge in [0.25, 0.3) is 5.89 Å². The average molecular weight is 401 g/mol. The number of rotatable bonds is 4. The van der Waals surface area contributed by atoms with E-state index in [9.17, 15) is 9.18 Å². The maximum Gasteiger partial charge on any atom is 0.258 e. The van der Waals surface area contributed by atoms with E-state index in [1.54, 1.807) is 6.07 Å². The molecule has 1 aromatic heterocycles. The summed E-state index contributed by atoms with van der Waals surface area (Å²) in [5.41, 5.74) is 1.98. The summed E-state index contributed by atoms with van der Waals surface area (Å²) < 4.78 is 19.7. The van der Waals surface area contributed by atoms with Crippen LogP contribution in [0.2, 0.25) is 5.02 Å². The molecule has 1 aliphatic heterocycles.